The summed E-state index contributed by atoms with van der Waals surface area (Å²) in [5.74, 6) is 0. The molecule has 19 heavy (non-hydrogen) atoms. The first-order valence-corrected chi connectivity index (χ1v) is 6.51. The summed E-state index contributed by atoms with van der Waals surface area (Å²) in [6.07, 6.45) is 1.82. The van der Waals surface area contributed by atoms with Crippen molar-refractivity contribution in [2.24, 2.45) is 5.73 Å². The zero-order chi connectivity index (χ0) is 13.8. The van der Waals surface area contributed by atoms with E-state index in [0.717, 1.165) is 23.5 Å². The summed E-state index contributed by atoms with van der Waals surface area (Å²) in [6, 6.07) is 11.9. The number of hydrogen-bond donors (Lipinski definition) is 1. The number of hydrogen-bond acceptors (Lipinski definition) is 3. The second kappa shape index (κ2) is 5.80. The van der Waals surface area contributed by atoms with Gasteiger partial charge in [0.1, 0.15) is 4.99 Å². The standard InChI is InChI=1S/C15H17N3S/c1-11-6-5-9-17-13(11)10-18(2)14-8-4-3-7-12(14)15(16)19/h3-9H,10H2,1-2H3,(H2,16,19). The lowest BCUT2D eigenvalue weighted by molar-refractivity contribution is 0.873. The van der Waals surface area contributed by atoms with Crippen molar-refractivity contribution in [3.8, 4) is 0 Å². The van der Waals surface area contributed by atoms with Gasteiger partial charge in [0.2, 0.25) is 0 Å². The second-order valence-electron chi connectivity index (χ2n) is 4.50. The lowest BCUT2D eigenvalue weighted by Crippen LogP contribution is -2.22. The molecule has 4 heteroatoms. The maximum absolute atomic E-state index is 5.76. The molecule has 1 heterocycles. The Morgan fingerprint density at radius 1 is 1.26 bits per heavy atom. The van der Waals surface area contributed by atoms with Crippen LogP contribution in [0.2, 0.25) is 0 Å². The van der Waals surface area contributed by atoms with Gasteiger partial charge in [-0.1, -0.05) is 30.4 Å². The van der Waals surface area contributed by atoms with Crippen LogP contribution in [0.5, 0.6) is 0 Å². The van der Waals surface area contributed by atoms with Gasteiger partial charge in [-0.2, -0.15) is 0 Å². The fraction of sp³-hybridized carbons (Fsp3) is 0.200. The number of aryl methyl sites for hydroxylation is 1. The van der Waals surface area contributed by atoms with Gasteiger partial charge in [-0.05, 0) is 30.7 Å². The second-order valence-corrected chi connectivity index (χ2v) is 4.94. The predicted octanol–water partition coefficient (Wildman–Crippen LogP) is 2.66. The summed E-state index contributed by atoms with van der Waals surface area (Å²) < 4.78 is 0. The van der Waals surface area contributed by atoms with E-state index in [1.165, 1.54) is 5.56 Å². The highest BCUT2D eigenvalue weighted by molar-refractivity contribution is 7.80. The summed E-state index contributed by atoms with van der Waals surface area (Å²) >= 11 is 5.09. The summed E-state index contributed by atoms with van der Waals surface area (Å²) in [5, 5.41) is 0. The molecule has 3 nitrogen and oxygen atoms in total. The van der Waals surface area contributed by atoms with Gasteiger partial charge in [0.05, 0.1) is 12.2 Å². The minimum absolute atomic E-state index is 0.417. The van der Waals surface area contributed by atoms with E-state index in [2.05, 4.69) is 22.9 Å². The fourth-order valence-corrected chi connectivity index (χ4v) is 2.18. The number of aromatic nitrogens is 1. The summed E-state index contributed by atoms with van der Waals surface area (Å²) in [6.45, 7) is 2.79. The number of benzene rings is 1. The van der Waals surface area contributed by atoms with Crippen LogP contribution in [0.1, 0.15) is 16.8 Å². The van der Waals surface area contributed by atoms with Crippen LogP contribution in [0.3, 0.4) is 0 Å². The largest absolute Gasteiger partial charge is 0.389 e. The fourth-order valence-electron chi connectivity index (χ4n) is 2.01. The summed E-state index contributed by atoms with van der Waals surface area (Å²) in [4.78, 5) is 6.94. The minimum Gasteiger partial charge on any atom is -0.389 e. The van der Waals surface area contributed by atoms with E-state index in [9.17, 15) is 0 Å². The zero-order valence-corrected chi connectivity index (χ0v) is 11.9. The Labute approximate surface area is 119 Å². The van der Waals surface area contributed by atoms with Crippen LogP contribution in [0, 0.1) is 6.92 Å². The van der Waals surface area contributed by atoms with Crippen molar-refractivity contribution in [2.75, 3.05) is 11.9 Å². The number of anilines is 1. The smallest absolute Gasteiger partial charge is 0.106 e. The van der Waals surface area contributed by atoms with Crippen molar-refractivity contribution in [1.82, 2.24) is 4.98 Å². The van der Waals surface area contributed by atoms with Crippen LogP contribution in [0.25, 0.3) is 0 Å². The van der Waals surface area contributed by atoms with Crippen LogP contribution >= 0.6 is 12.2 Å². The van der Waals surface area contributed by atoms with Crippen LogP contribution in [0.4, 0.5) is 5.69 Å². The minimum atomic E-state index is 0.417. The third-order valence-electron chi connectivity index (χ3n) is 3.09. The zero-order valence-electron chi connectivity index (χ0n) is 11.1. The third kappa shape index (κ3) is 3.09. The number of thiocarbonyl (C=S) groups is 1. The quantitative estimate of drug-likeness (QED) is 0.868. The average Bonchev–Trinajstić information content (AvgIpc) is 2.41. The van der Waals surface area contributed by atoms with E-state index < -0.39 is 0 Å². The van der Waals surface area contributed by atoms with Crippen molar-refractivity contribution < 1.29 is 0 Å². The van der Waals surface area contributed by atoms with Gasteiger partial charge in [0.15, 0.2) is 0 Å². The molecule has 0 unspecified atom stereocenters. The average molecular weight is 271 g/mol. The molecule has 1 aromatic heterocycles. The molecule has 2 aromatic rings. The Balaban J connectivity index is 2.28. The Kier molecular flexibility index (Phi) is 4.12. The molecule has 0 saturated heterocycles. The third-order valence-corrected chi connectivity index (χ3v) is 3.31. The van der Waals surface area contributed by atoms with Gasteiger partial charge in [0.25, 0.3) is 0 Å². The molecule has 0 radical (unpaired) electrons. The Morgan fingerprint density at radius 2 is 2.00 bits per heavy atom. The maximum Gasteiger partial charge on any atom is 0.106 e. The molecule has 2 N–H and O–H groups in total. The highest BCUT2D eigenvalue weighted by atomic mass is 32.1. The van der Waals surface area contributed by atoms with E-state index in [4.69, 9.17) is 18.0 Å². The van der Waals surface area contributed by atoms with Crippen LogP contribution < -0.4 is 10.6 Å². The lowest BCUT2D eigenvalue weighted by Gasteiger charge is -2.22. The van der Waals surface area contributed by atoms with E-state index in [-0.39, 0.29) is 0 Å². The molecular weight excluding hydrogens is 254 g/mol. The molecule has 0 fully saturated rings. The molecule has 0 aliphatic heterocycles. The molecule has 0 bridgehead atoms. The molecule has 2 rings (SSSR count). The highest BCUT2D eigenvalue weighted by Crippen LogP contribution is 2.21. The molecular formula is C15H17N3S. The molecule has 0 aliphatic rings. The molecule has 0 atom stereocenters. The number of nitrogens with two attached hydrogens (primary N) is 1. The Morgan fingerprint density at radius 3 is 2.68 bits per heavy atom. The maximum atomic E-state index is 5.76. The van der Waals surface area contributed by atoms with E-state index in [1.54, 1.807) is 0 Å². The Hall–Kier alpha value is -1.94. The van der Waals surface area contributed by atoms with E-state index >= 15 is 0 Å². The van der Waals surface area contributed by atoms with Crippen LogP contribution in [0.15, 0.2) is 42.6 Å². The van der Waals surface area contributed by atoms with Crippen molar-refractivity contribution in [2.45, 2.75) is 13.5 Å². The molecule has 0 amide bonds. The highest BCUT2D eigenvalue weighted by Gasteiger charge is 2.10. The van der Waals surface area contributed by atoms with Gasteiger partial charge >= 0.3 is 0 Å². The van der Waals surface area contributed by atoms with Crippen molar-refractivity contribution in [1.29, 1.82) is 0 Å². The number of nitrogens with zero attached hydrogens (tertiary/aromatic N) is 2. The van der Waals surface area contributed by atoms with Crippen LogP contribution in [-0.4, -0.2) is 17.0 Å². The van der Waals surface area contributed by atoms with Crippen LogP contribution in [-0.2, 0) is 6.54 Å². The van der Waals surface area contributed by atoms with Gasteiger partial charge in [-0.3, -0.25) is 4.98 Å². The summed E-state index contributed by atoms with van der Waals surface area (Å²) in [7, 11) is 2.02. The van der Waals surface area contributed by atoms with Crippen molar-refractivity contribution >= 4 is 22.9 Å². The number of para-hydroxylation sites is 1. The topological polar surface area (TPSA) is 42.2 Å². The lowest BCUT2D eigenvalue weighted by atomic mass is 10.1. The van der Waals surface area contributed by atoms with Crippen molar-refractivity contribution in [3.63, 3.8) is 0 Å². The van der Waals surface area contributed by atoms with Crippen molar-refractivity contribution in [3.05, 3.63) is 59.4 Å². The van der Waals surface area contributed by atoms with Gasteiger partial charge < -0.3 is 10.6 Å². The number of rotatable bonds is 4. The Bertz CT molecular complexity index is 595. The predicted molar refractivity (Wildman–Crippen MR) is 83.4 cm³/mol. The van der Waals surface area contributed by atoms with Gasteiger partial charge in [-0.25, -0.2) is 0 Å². The number of pyridine rings is 1. The first-order valence-electron chi connectivity index (χ1n) is 6.10. The normalized spacial score (nSPS) is 10.2. The van der Waals surface area contributed by atoms with Gasteiger partial charge in [-0.15, -0.1) is 0 Å². The monoisotopic (exact) mass is 271 g/mol. The van der Waals surface area contributed by atoms with E-state index in [1.807, 2.05) is 43.6 Å². The molecule has 0 saturated carbocycles. The first kappa shape index (κ1) is 13.5. The van der Waals surface area contributed by atoms with E-state index in [0.29, 0.717) is 4.99 Å². The first-order chi connectivity index (χ1) is 9.09. The SMILES string of the molecule is Cc1cccnc1CN(C)c1ccccc1C(N)=S. The van der Waals surface area contributed by atoms with Gasteiger partial charge in [0, 0.05) is 24.5 Å². The molecule has 0 spiro atoms. The molecule has 0 aliphatic carbocycles. The molecule has 98 valence electrons. The molecule has 1 aromatic carbocycles. The summed E-state index contributed by atoms with van der Waals surface area (Å²) in [5.41, 5.74) is 9.93.